The van der Waals surface area contributed by atoms with Gasteiger partial charge in [0.2, 0.25) is 5.91 Å². The highest BCUT2D eigenvalue weighted by Gasteiger charge is 2.26. The molecule has 0 bridgehead atoms. The van der Waals surface area contributed by atoms with Crippen molar-refractivity contribution in [2.75, 3.05) is 39.4 Å². The van der Waals surface area contributed by atoms with Crippen molar-refractivity contribution >= 4 is 11.9 Å². The molecule has 0 aromatic heterocycles. The summed E-state index contributed by atoms with van der Waals surface area (Å²) in [7, 11) is 0. The van der Waals surface area contributed by atoms with Gasteiger partial charge in [-0.2, -0.15) is 0 Å². The molecular formula is C12H22N2O4. The number of aliphatic carboxylic acids is 1. The second kappa shape index (κ2) is 7.33. The molecule has 0 radical (unpaired) electrons. The van der Waals surface area contributed by atoms with Crippen LogP contribution in [0.5, 0.6) is 0 Å². The van der Waals surface area contributed by atoms with E-state index >= 15 is 0 Å². The number of nitrogens with zero attached hydrogens (tertiary/aromatic N) is 2. The van der Waals surface area contributed by atoms with E-state index < -0.39 is 5.97 Å². The van der Waals surface area contributed by atoms with Crippen LogP contribution in [0.25, 0.3) is 0 Å². The van der Waals surface area contributed by atoms with Crippen LogP contribution in [0.2, 0.25) is 0 Å². The van der Waals surface area contributed by atoms with Crippen molar-refractivity contribution in [1.29, 1.82) is 0 Å². The van der Waals surface area contributed by atoms with Crippen molar-refractivity contribution in [1.82, 2.24) is 9.80 Å². The fourth-order valence-corrected chi connectivity index (χ4v) is 2.07. The van der Waals surface area contributed by atoms with Crippen molar-refractivity contribution in [3.8, 4) is 0 Å². The highest BCUT2D eigenvalue weighted by Crippen LogP contribution is 2.07. The zero-order valence-corrected chi connectivity index (χ0v) is 11.1. The van der Waals surface area contributed by atoms with E-state index in [0.29, 0.717) is 39.4 Å². The summed E-state index contributed by atoms with van der Waals surface area (Å²) >= 11 is 0. The van der Waals surface area contributed by atoms with Crippen LogP contribution in [0, 0.1) is 0 Å². The lowest BCUT2D eigenvalue weighted by molar-refractivity contribution is -0.142. The molecule has 6 nitrogen and oxygen atoms in total. The normalized spacial score (nSPS) is 17.8. The molecular weight excluding hydrogens is 236 g/mol. The van der Waals surface area contributed by atoms with Gasteiger partial charge in [0.15, 0.2) is 0 Å². The first-order chi connectivity index (χ1) is 8.56. The third-order valence-corrected chi connectivity index (χ3v) is 3.25. The molecule has 1 atom stereocenters. The van der Waals surface area contributed by atoms with Gasteiger partial charge in [-0.25, -0.2) is 0 Å². The fourth-order valence-electron chi connectivity index (χ4n) is 2.07. The molecule has 0 aliphatic carbocycles. The first-order valence-corrected chi connectivity index (χ1v) is 6.38. The van der Waals surface area contributed by atoms with Gasteiger partial charge < -0.3 is 14.7 Å². The first kappa shape index (κ1) is 14.9. The highest BCUT2D eigenvalue weighted by atomic mass is 16.5. The lowest BCUT2D eigenvalue weighted by atomic mass is 10.2. The van der Waals surface area contributed by atoms with Crippen LogP contribution < -0.4 is 0 Å². The molecule has 1 amide bonds. The number of carbonyl (C=O) groups is 2. The number of hydrogen-bond acceptors (Lipinski definition) is 4. The minimum absolute atomic E-state index is 0.0607. The molecule has 1 aliphatic heterocycles. The molecule has 6 heteroatoms. The second-order valence-corrected chi connectivity index (χ2v) is 4.39. The van der Waals surface area contributed by atoms with Crippen LogP contribution in [-0.2, 0) is 14.3 Å². The number of carboxylic acid groups (broad SMARTS) is 1. The monoisotopic (exact) mass is 258 g/mol. The summed E-state index contributed by atoms with van der Waals surface area (Å²) in [6, 6.07) is -0.271. The molecule has 1 N–H and O–H groups in total. The number of morpholine rings is 1. The van der Waals surface area contributed by atoms with Gasteiger partial charge in [-0.3, -0.25) is 14.5 Å². The van der Waals surface area contributed by atoms with E-state index in [1.165, 1.54) is 0 Å². The molecule has 0 aromatic rings. The highest BCUT2D eigenvalue weighted by molar-refractivity contribution is 5.81. The number of carbonyl (C=O) groups excluding carboxylic acids is 1. The molecule has 0 saturated carbocycles. The Hall–Kier alpha value is -1.14. The Bertz CT molecular complexity index is 290. The van der Waals surface area contributed by atoms with Crippen LogP contribution in [0.4, 0.5) is 0 Å². The van der Waals surface area contributed by atoms with E-state index in [-0.39, 0.29) is 18.4 Å². The van der Waals surface area contributed by atoms with Crippen LogP contribution in [0.3, 0.4) is 0 Å². The smallest absolute Gasteiger partial charge is 0.304 e. The molecule has 1 rings (SSSR count). The number of carboxylic acids is 1. The van der Waals surface area contributed by atoms with Gasteiger partial charge in [-0.15, -0.1) is 0 Å². The van der Waals surface area contributed by atoms with Crippen molar-refractivity contribution in [2.24, 2.45) is 0 Å². The average molecular weight is 258 g/mol. The maximum atomic E-state index is 12.2. The van der Waals surface area contributed by atoms with E-state index in [1.54, 1.807) is 4.90 Å². The Morgan fingerprint density at radius 3 is 2.50 bits per heavy atom. The van der Waals surface area contributed by atoms with Gasteiger partial charge in [0, 0.05) is 19.6 Å². The third kappa shape index (κ3) is 4.27. The molecule has 104 valence electrons. The van der Waals surface area contributed by atoms with Crippen LogP contribution in [0.15, 0.2) is 0 Å². The summed E-state index contributed by atoms with van der Waals surface area (Å²) in [5, 5.41) is 8.69. The summed E-state index contributed by atoms with van der Waals surface area (Å²) in [5.74, 6) is -0.773. The Labute approximate surface area is 107 Å². The summed E-state index contributed by atoms with van der Waals surface area (Å²) in [5.41, 5.74) is 0. The predicted octanol–water partition coefficient (Wildman–Crippen LogP) is 0.0303. The minimum Gasteiger partial charge on any atom is -0.481 e. The van der Waals surface area contributed by atoms with Gasteiger partial charge in [0.05, 0.1) is 25.7 Å². The molecule has 18 heavy (non-hydrogen) atoms. The maximum absolute atomic E-state index is 12.2. The topological polar surface area (TPSA) is 70.1 Å². The van der Waals surface area contributed by atoms with Crippen molar-refractivity contribution in [3.63, 3.8) is 0 Å². The molecule has 1 aliphatic rings. The molecule has 0 aromatic carbocycles. The summed E-state index contributed by atoms with van der Waals surface area (Å²) in [6.45, 7) is 7.26. The van der Waals surface area contributed by atoms with Crippen molar-refractivity contribution in [2.45, 2.75) is 26.3 Å². The van der Waals surface area contributed by atoms with E-state index in [0.717, 1.165) is 0 Å². The quantitative estimate of drug-likeness (QED) is 0.728. The zero-order chi connectivity index (χ0) is 13.5. The number of likely N-dealkylation sites (N-methyl/N-ethyl adjacent to an activating group) is 1. The number of hydrogen-bond donors (Lipinski definition) is 1. The van der Waals surface area contributed by atoms with Gasteiger partial charge in [0.25, 0.3) is 0 Å². The van der Waals surface area contributed by atoms with Crippen LogP contribution in [-0.4, -0.2) is 72.2 Å². The standard InChI is InChI=1S/C12H22N2O4/c1-3-13(5-4-11(15)16)10(2)12(17)14-6-8-18-9-7-14/h10H,3-9H2,1-2H3,(H,15,16). The van der Waals surface area contributed by atoms with Gasteiger partial charge in [0.1, 0.15) is 0 Å². The Morgan fingerprint density at radius 1 is 1.39 bits per heavy atom. The summed E-state index contributed by atoms with van der Waals surface area (Å²) in [6.07, 6.45) is 0.0641. The van der Waals surface area contributed by atoms with E-state index in [9.17, 15) is 9.59 Å². The molecule has 1 fully saturated rings. The third-order valence-electron chi connectivity index (χ3n) is 3.25. The SMILES string of the molecule is CCN(CCC(=O)O)C(C)C(=O)N1CCOCC1. The Kier molecular flexibility index (Phi) is 6.07. The largest absolute Gasteiger partial charge is 0.481 e. The molecule has 1 saturated heterocycles. The number of rotatable bonds is 6. The first-order valence-electron chi connectivity index (χ1n) is 6.38. The Morgan fingerprint density at radius 2 is 2.00 bits per heavy atom. The van der Waals surface area contributed by atoms with Crippen LogP contribution in [0.1, 0.15) is 20.3 Å². The fraction of sp³-hybridized carbons (Fsp3) is 0.833. The van der Waals surface area contributed by atoms with Gasteiger partial charge >= 0.3 is 5.97 Å². The molecule has 1 unspecified atom stereocenters. The lowest BCUT2D eigenvalue weighted by Gasteiger charge is -2.33. The molecule has 0 spiro atoms. The number of amides is 1. The minimum atomic E-state index is -0.834. The molecule has 1 heterocycles. The zero-order valence-electron chi connectivity index (χ0n) is 11.1. The van der Waals surface area contributed by atoms with E-state index in [4.69, 9.17) is 9.84 Å². The lowest BCUT2D eigenvalue weighted by Crippen LogP contribution is -2.51. The van der Waals surface area contributed by atoms with Gasteiger partial charge in [-0.1, -0.05) is 6.92 Å². The van der Waals surface area contributed by atoms with Gasteiger partial charge in [-0.05, 0) is 13.5 Å². The predicted molar refractivity (Wildman–Crippen MR) is 66.4 cm³/mol. The van der Waals surface area contributed by atoms with Crippen molar-refractivity contribution < 1.29 is 19.4 Å². The average Bonchev–Trinajstić information content (AvgIpc) is 2.39. The van der Waals surface area contributed by atoms with Crippen molar-refractivity contribution in [3.05, 3.63) is 0 Å². The number of ether oxygens (including phenoxy) is 1. The van der Waals surface area contributed by atoms with E-state index in [1.807, 2.05) is 18.7 Å². The van der Waals surface area contributed by atoms with Crippen LogP contribution >= 0.6 is 0 Å². The summed E-state index contributed by atoms with van der Waals surface area (Å²) in [4.78, 5) is 26.5. The Balaban J connectivity index is 2.50. The van der Waals surface area contributed by atoms with E-state index in [2.05, 4.69) is 0 Å². The second-order valence-electron chi connectivity index (χ2n) is 4.39. The summed E-state index contributed by atoms with van der Waals surface area (Å²) < 4.78 is 5.21. The maximum Gasteiger partial charge on any atom is 0.304 e.